The topological polar surface area (TPSA) is 45.2 Å². The molecule has 0 spiro atoms. The van der Waals surface area contributed by atoms with Crippen LogP contribution < -0.4 is 5.32 Å². The lowest BCUT2D eigenvalue weighted by atomic mass is 10.2. The van der Waals surface area contributed by atoms with Gasteiger partial charge in [0.2, 0.25) is 0 Å². The third-order valence-electron chi connectivity index (χ3n) is 3.84. The van der Waals surface area contributed by atoms with Crippen LogP contribution in [0.5, 0.6) is 0 Å². The molecule has 1 aliphatic rings. The summed E-state index contributed by atoms with van der Waals surface area (Å²) in [6.45, 7) is 6.38. The predicted octanol–water partition coefficient (Wildman–Crippen LogP) is 3.26. The number of carbonyl (C=O) groups excluding carboxylic acids is 1. The van der Waals surface area contributed by atoms with E-state index in [1.54, 1.807) is 11.1 Å². The molecule has 2 heterocycles. The van der Waals surface area contributed by atoms with Crippen LogP contribution in [-0.4, -0.2) is 46.4 Å². The molecule has 0 radical (unpaired) electrons. The number of pyridine rings is 1. The first-order chi connectivity index (χ1) is 10.2. The monoisotopic (exact) mass is 307 g/mol. The first-order valence-electron chi connectivity index (χ1n) is 7.85. The largest absolute Gasteiger partial charge is 0.384 e. The maximum absolute atomic E-state index is 12.3. The minimum absolute atomic E-state index is 0.00990. The van der Waals surface area contributed by atoms with Crippen LogP contribution in [0.3, 0.4) is 0 Å². The summed E-state index contributed by atoms with van der Waals surface area (Å²) in [5.41, 5.74) is 1.52. The number of nitrogens with zero attached hydrogens (tertiary/aromatic N) is 2. The molecule has 0 bridgehead atoms. The number of hydrogen-bond acceptors (Lipinski definition) is 4. The van der Waals surface area contributed by atoms with E-state index >= 15 is 0 Å². The standard InChI is InChI=1S/C16H25N3OS/c1-3-19(4-2)16(20)15-11-13(8-9-17-15)18-12-14-7-5-6-10-21-14/h8-9,11,14H,3-7,10,12H2,1-2H3,(H,17,18). The van der Waals surface area contributed by atoms with E-state index in [0.29, 0.717) is 24.0 Å². The van der Waals surface area contributed by atoms with Gasteiger partial charge in [0.1, 0.15) is 5.69 Å². The van der Waals surface area contributed by atoms with Gasteiger partial charge in [-0.15, -0.1) is 0 Å². The third kappa shape index (κ3) is 4.63. The van der Waals surface area contributed by atoms with Gasteiger partial charge in [-0.05, 0) is 44.6 Å². The van der Waals surface area contributed by atoms with Crippen molar-refractivity contribution in [2.45, 2.75) is 38.4 Å². The van der Waals surface area contributed by atoms with Gasteiger partial charge in [0.25, 0.3) is 5.91 Å². The lowest BCUT2D eigenvalue weighted by molar-refractivity contribution is 0.0767. The highest BCUT2D eigenvalue weighted by atomic mass is 32.2. The second-order valence-corrected chi connectivity index (χ2v) is 6.68. The molecule has 0 aliphatic carbocycles. The van der Waals surface area contributed by atoms with Crippen LogP contribution in [0, 0.1) is 0 Å². The summed E-state index contributed by atoms with van der Waals surface area (Å²) in [5, 5.41) is 4.14. The van der Waals surface area contributed by atoms with Gasteiger partial charge in [-0.25, -0.2) is 0 Å². The van der Waals surface area contributed by atoms with Crippen LogP contribution in [0.25, 0.3) is 0 Å². The molecule has 0 saturated carbocycles. The highest BCUT2D eigenvalue weighted by Crippen LogP contribution is 2.25. The van der Waals surface area contributed by atoms with E-state index in [-0.39, 0.29) is 5.91 Å². The molecule has 1 atom stereocenters. The molecule has 1 unspecified atom stereocenters. The molecular formula is C16H25N3OS. The Morgan fingerprint density at radius 2 is 2.24 bits per heavy atom. The molecule has 116 valence electrons. The summed E-state index contributed by atoms with van der Waals surface area (Å²) in [7, 11) is 0. The van der Waals surface area contributed by atoms with Gasteiger partial charge in [-0.3, -0.25) is 9.78 Å². The highest BCUT2D eigenvalue weighted by Gasteiger charge is 2.16. The maximum atomic E-state index is 12.3. The Balaban J connectivity index is 1.95. The van der Waals surface area contributed by atoms with Crippen molar-refractivity contribution in [3.8, 4) is 0 Å². The van der Waals surface area contributed by atoms with E-state index in [9.17, 15) is 4.79 Å². The van der Waals surface area contributed by atoms with Gasteiger partial charge in [0.05, 0.1) is 0 Å². The summed E-state index contributed by atoms with van der Waals surface area (Å²) in [4.78, 5) is 18.3. The first-order valence-corrected chi connectivity index (χ1v) is 8.90. The molecular weight excluding hydrogens is 282 g/mol. The fraction of sp³-hybridized carbons (Fsp3) is 0.625. The van der Waals surface area contributed by atoms with Crippen LogP contribution in [0.2, 0.25) is 0 Å². The zero-order valence-corrected chi connectivity index (χ0v) is 13.8. The summed E-state index contributed by atoms with van der Waals surface area (Å²) >= 11 is 2.05. The van der Waals surface area contributed by atoms with E-state index in [1.807, 2.05) is 26.0 Å². The molecule has 1 saturated heterocycles. The van der Waals surface area contributed by atoms with Crippen molar-refractivity contribution in [2.75, 3.05) is 30.7 Å². The molecule has 4 nitrogen and oxygen atoms in total. The van der Waals surface area contributed by atoms with E-state index in [4.69, 9.17) is 0 Å². The van der Waals surface area contributed by atoms with Gasteiger partial charge in [0, 0.05) is 36.8 Å². The average molecular weight is 307 g/mol. The molecule has 1 N–H and O–H groups in total. The Bertz CT molecular complexity index is 457. The number of hydrogen-bond donors (Lipinski definition) is 1. The fourth-order valence-corrected chi connectivity index (χ4v) is 3.77. The number of amides is 1. The zero-order chi connectivity index (χ0) is 15.1. The number of aromatic nitrogens is 1. The number of carbonyl (C=O) groups is 1. The van der Waals surface area contributed by atoms with Crippen molar-refractivity contribution >= 4 is 23.4 Å². The lowest BCUT2D eigenvalue weighted by Gasteiger charge is -2.22. The van der Waals surface area contributed by atoms with Crippen LogP contribution >= 0.6 is 11.8 Å². The Morgan fingerprint density at radius 3 is 2.90 bits per heavy atom. The normalized spacial score (nSPS) is 18.3. The molecule has 2 rings (SSSR count). The molecule has 0 aromatic carbocycles. The SMILES string of the molecule is CCN(CC)C(=O)c1cc(NCC2CCCCS2)ccn1. The van der Waals surface area contributed by atoms with Crippen LogP contribution in [0.15, 0.2) is 18.3 Å². The number of nitrogens with one attached hydrogen (secondary N) is 1. The van der Waals surface area contributed by atoms with E-state index in [0.717, 1.165) is 12.2 Å². The van der Waals surface area contributed by atoms with Crippen molar-refractivity contribution in [1.29, 1.82) is 0 Å². The Morgan fingerprint density at radius 1 is 1.43 bits per heavy atom. The van der Waals surface area contributed by atoms with Crippen molar-refractivity contribution in [1.82, 2.24) is 9.88 Å². The van der Waals surface area contributed by atoms with Gasteiger partial charge < -0.3 is 10.2 Å². The minimum atomic E-state index is 0.00990. The zero-order valence-electron chi connectivity index (χ0n) is 13.0. The Labute approximate surface area is 131 Å². The predicted molar refractivity (Wildman–Crippen MR) is 90.1 cm³/mol. The second-order valence-electron chi connectivity index (χ2n) is 5.28. The first kappa shape index (κ1) is 16.1. The van der Waals surface area contributed by atoms with Gasteiger partial charge in [-0.2, -0.15) is 11.8 Å². The summed E-state index contributed by atoms with van der Waals surface area (Å²) in [6, 6.07) is 3.81. The van der Waals surface area contributed by atoms with Crippen molar-refractivity contribution in [2.24, 2.45) is 0 Å². The van der Waals surface area contributed by atoms with Gasteiger partial charge in [-0.1, -0.05) is 6.42 Å². The van der Waals surface area contributed by atoms with Crippen molar-refractivity contribution in [3.63, 3.8) is 0 Å². The fourth-order valence-electron chi connectivity index (χ4n) is 2.53. The minimum Gasteiger partial charge on any atom is -0.384 e. The van der Waals surface area contributed by atoms with Crippen molar-refractivity contribution < 1.29 is 4.79 Å². The summed E-state index contributed by atoms with van der Waals surface area (Å²) in [5.74, 6) is 1.28. The second kappa shape index (κ2) is 8.27. The maximum Gasteiger partial charge on any atom is 0.272 e. The van der Waals surface area contributed by atoms with Crippen LogP contribution in [-0.2, 0) is 0 Å². The Hall–Kier alpha value is -1.23. The van der Waals surface area contributed by atoms with Crippen molar-refractivity contribution in [3.05, 3.63) is 24.0 Å². The molecule has 21 heavy (non-hydrogen) atoms. The van der Waals surface area contributed by atoms with Gasteiger partial charge >= 0.3 is 0 Å². The molecule has 1 aromatic rings. The van der Waals surface area contributed by atoms with Crippen LogP contribution in [0.4, 0.5) is 5.69 Å². The van der Waals surface area contributed by atoms with E-state index < -0.39 is 0 Å². The molecule has 1 amide bonds. The van der Waals surface area contributed by atoms with Crippen LogP contribution in [0.1, 0.15) is 43.6 Å². The number of anilines is 1. The summed E-state index contributed by atoms with van der Waals surface area (Å²) < 4.78 is 0. The van der Waals surface area contributed by atoms with Gasteiger partial charge in [0.15, 0.2) is 0 Å². The number of thioether (sulfide) groups is 1. The quantitative estimate of drug-likeness (QED) is 0.876. The molecule has 1 aromatic heterocycles. The smallest absolute Gasteiger partial charge is 0.272 e. The highest BCUT2D eigenvalue weighted by molar-refractivity contribution is 7.99. The Kier molecular flexibility index (Phi) is 6.36. The lowest BCUT2D eigenvalue weighted by Crippen LogP contribution is -2.31. The number of rotatable bonds is 6. The molecule has 1 fully saturated rings. The molecule has 1 aliphatic heterocycles. The van der Waals surface area contributed by atoms with E-state index in [2.05, 4.69) is 22.1 Å². The molecule has 5 heteroatoms. The van der Waals surface area contributed by atoms with E-state index in [1.165, 1.54) is 25.0 Å². The summed E-state index contributed by atoms with van der Waals surface area (Å²) in [6.07, 6.45) is 5.68. The third-order valence-corrected chi connectivity index (χ3v) is 5.24. The average Bonchev–Trinajstić information content (AvgIpc) is 2.55.